The van der Waals surface area contributed by atoms with E-state index in [-0.39, 0.29) is 0 Å². The zero-order valence-corrected chi connectivity index (χ0v) is 12.1. The van der Waals surface area contributed by atoms with E-state index in [0.717, 1.165) is 18.0 Å². The molecule has 0 amide bonds. The van der Waals surface area contributed by atoms with Gasteiger partial charge in [-0.05, 0) is 63.3 Å². The summed E-state index contributed by atoms with van der Waals surface area (Å²) in [6.45, 7) is 1.61. The van der Waals surface area contributed by atoms with Crippen molar-refractivity contribution in [2.24, 2.45) is 11.8 Å². The lowest BCUT2D eigenvalue weighted by molar-refractivity contribution is 0.160. The Morgan fingerprint density at radius 3 is 2.68 bits per heavy atom. The minimum atomic E-state index is 0.385. The van der Waals surface area contributed by atoms with E-state index in [2.05, 4.69) is 10.6 Å². The van der Waals surface area contributed by atoms with Gasteiger partial charge in [0.1, 0.15) is 0 Å². The first-order valence-corrected chi connectivity index (χ1v) is 8.47. The molecule has 5 atom stereocenters. The largest absolute Gasteiger partial charge is 0.396 e. The van der Waals surface area contributed by atoms with Gasteiger partial charge in [-0.3, -0.25) is 0 Å². The standard InChI is InChI=1S/C16H30N2O/c19-11-12-4-1-5-13(10-12)18-16-7-2-6-14(16)15-8-3-9-17-15/h12-19H,1-11H2. The van der Waals surface area contributed by atoms with E-state index in [1.165, 1.54) is 64.3 Å². The highest BCUT2D eigenvalue weighted by atomic mass is 16.3. The summed E-state index contributed by atoms with van der Waals surface area (Å²) in [6, 6.07) is 2.17. The number of nitrogens with one attached hydrogen (secondary N) is 2. The number of rotatable bonds is 4. The van der Waals surface area contributed by atoms with E-state index >= 15 is 0 Å². The van der Waals surface area contributed by atoms with E-state index in [0.29, 0.717) is 18.6 Å². The zero-order chi connectivity index (χ0) is 13.1. The van der Waals surface area contributed by atoms with Crippen molar-refractivity contribution in [2.45, 2.75) is 75.9 Å². The third-order valence-corrected chi connectivity index (χ3v) is 5.68. The Kier molecular flexibility index (Phi) is 4.78. The first-order valence-electron chi connectivity index (χ1n) is 8.47. The fourth-order valence-electron chi connectivity index (χ4n) is 4.67. The Morgan fingerprint density at radius 1 is 1.00 bits per heavy atom. The van der Waals surface area contributed by atoms with Gasteiger partial charge in [0.15, 0.2) is 0 Å². The van der Waals surface area contributed by atoms with Gasteiger partial charge in [-0.15, -0.1) is 0 Å². The first kappa shape index (κ1) is 13.8. The van der Waals surface area contributed by atoms with Gasteiger partial charge in [0.2, 0.25) is 0 Å². The Balaban J connectivity index is 1.53. The Bertz CT molecular complexity index is 278. The van der Waals surface area contributed by atoms with Crippen LogP contribution in [-0.2, 0) is 0 Å². The number of hydrogen-bond acceptors (Lipinski definition) is 3. The van der Waals surface area contributed by atoms with Crippen LogP contribution in [0.1, 0.15) is 57.8 Å². The monoisotopic (exact) mass is 266 g/mol. The van der Waals surface area contributed by atoms with Crippen molar-refractivity contribution in [3.8, 4) is 0 Å². The van der Waals surface area contributed by atoms with Gasteiger partial charge in [-0.2, -0.15) is 0 Å². The molecule has 0 radical (unpaired) electrons. The molecular weight excluding hydrogens is 236 g/mol. The van der Waals surface area contributed by atoms with E-state index in [1.807, 2.05) is 0 Å². The number of aliphatic hydroxyl groups excluding tert-OH is 1. The van der Waals surface area contributed by atoms with Crippen LogP contribution in [0.15, 0.2) is 0 Å². The van der Waals surface area contributed by atoms with E-state index < -0.39 is 0 Å². The highest BCUT2D eigenvalue weighted by Gasteiger charge is 2.36. The summed E-state index contributed by atoms with van der Waals surface area (Å²) in [4.78, 5) is 0. The molecule has 3 fully saturated rings. The third-order valence-electron chi connectivity index (χ3n) is 5.68. The van der Waals surface area contributed by atoms with Crippen LogP contribution in [0.5, 0.6) is 0 Å². The smallest absolute Gasteiger partial charge is 0.0459 e. The second-order valence-corrected chi connectivity index (χ2v) is 6.98. The Hall–Kier alpha value is -0.120. The van der Waals surface area contributed by atoms with Gasteiger partial charge < -0.3 is 15.7 Å². The quantitative estimate of drug-likeness (QED) is 0.730. The molecule has 0 aromatic carbocycles. The molecule has 110 valence electrons. The van der Waals surface area contributed by atoms with Gasteiger partial charge in [0.25, 0.3) is 0 Å². The molecule has 2 aliphatic carbocycles. The van der Waals surface area contributed by atoms with Gasteiger partial charge in [0.05, 0.1) is 0 Å². The van der Waals surface area contributed by atoms with Gasteiger partial charge in [0, 0.05) is 24.7 Å². The molecule has 3 rings (SSSR count). The van der Waals surface area contributed by atoms with E-state index in [9.17, 15) is 5.11 Å². The number of aliphatic hydroxyl groups is 1. The van der Waals surface area contributed by atoms with E-state index in [1.54, 1.807) is 0 Å². The lowest BCUT2D eigenvalue weighted by Crippen LogP contribution is -2.47. The van der Waals surface area contributed by atoms with Crippen LogP contribution < -0.4 is 10.6 Å². The van der Waals surface area contributed by atoms with Crippen molar-refractivity contribution in [1.29, 1.82) is 0 Å². The Morgan fingerprint density at radius 2 is 1.89 bits per heavy atom. The summed E-state index contributed by atoms with van der Waals surface area (Å²) >= 11 is 0. The topological polar surface area (TPSA) is 44.3 Å². The van der Waals surface area contributed by atoms with Gasteiger partial charge in [-0.1, -0.05) is 12.8 Å². The number of hydrogen-bond donors (Lipinski definition) is 3. The third kappa shape index (κ3) is 3.32. The minimum absolute atomic E-state index is 0.385. The molecule has 5 unspecified atom stereocenters. The fourth-order valence-corrected chi connectivity index (χ4v) is 4.67. The molecule has 1 aliphatic heterocycles. The van der Waals surface area contributed by atoms with Crippen LogP contribution in [0, 0.1) is 11.8 Å². The predicted molar refractivity (Wildman–Crippen MR) is 78.1 cm³/mol. The maximum Gasteiger partial charge on any atom is 0.0459 e. The average Bonchev–Trinajstić information content (AvgIpc) is 3.09. The molecule has 3 heteroatoms. The molecule has 3 aliphatic rings. The summed E-state index contributed by atoms with van der Waals surface area (Å²) in [5, 5.41) is 17.0. The molecule has 0 aromatic heterocycles. The van der Waals surface area contributed by atoms with Crippen molar-refractivity contribution in [3.63, 3.8) is 0 Å². The average molecular weight is 266 g/mol. The molecule has 19 heavy (non-hydrogen) atoms. The first-order chi connectivity index (χ1) is 9.36. The molecule has 1 heterocycles. The summed E-state index contributed by atoms with van der Waals surface area (Å²) < 4.78 is 0. The van der Waals surface area contributed by atoms with Crippen LogP contribution >= 0.6 is 0 Å². The second kappa shape index (κ2) is 6.55. The summed E-state index contributed by atoms with van der Waals surface area (Å²) in [5.41, 5.74) is 0. The maximum absolute atomic E-state index is 9.36. The highest BCUT2D eigenvalue weighted by molar-refractivity contribution is 4.95. The molecule has 3 nitrogen and oxygen atoms in total. The van der Waals surface area contributed by atoms with Crippen LogP contribution in [0.25, 0.3) is 0 Å². The molecule has 3 N–H and O–H groups in total. The summed E-state index contributed by atoms with van der Waals surface area (Å²) in [6.07, 6.45) is 12.0. The summed E-state index contributed by atoms with van der Waals surface area (Å²) in [5.74, 6) is 1.41. The highest BCUT2D eigenvalue weighted by Crippen LogP contribution is 2.33. The van der Waals surface area contributed by atoms with Crippen molar-refractivity contribution < 1.29 is 5.11 Å². The Labute approximate surface area is 117 Å². The van der Waals surface area contributed by atoms with Crippen molar-refractivity contribution in [2.75, 3.05) is 13.2 Å². The van der Waals surface area contributed by atoms with Gasteiger partial charge >= 0.3 is 0 Å². The second-order valence-electron chi connectivity index (χ2n) is 6.98. The van der Waals surface area contributed by atoms with Crippen LogP contribution in [0.2, 0.25) is 0 Å². The van der Waals surface area contributed by atoms with Crippen LogP contribution in [0.3, 0.4) is 0 Å². The molecule has 2 saturated carbocycles. The molecule has 0 aromatic rings. The van der Waals surface area contributed by atoms with Gasteiger partial charge in [-0.25, -0.2) is 0 Å². The molecular formula is C16H30N2O. The maximum atomic E-state index is 9.36. The lowest BCUT2D eigenvalue weighted by Gasteiger charge is -2.34. The van der Waals surface area contributed by atoms with Crippen LogP contribution in [0.4, 0.5) is 0 Å². The predicted octanol–water partition coefficient (Wildman–Crippen LogP) is 2.05. The van der Waals surface area contributed by atoms with E-state index in [4.69, 9.17) is 0 Å². The molecule has 1 saturated heterocycles. The minimum Gasteiger partial charge on any atom is -0.396 e. The van der Waals surface area contributed by atoms with Crippen molar-refractivity contribution in [3.05, 3.63) is 0 Å². The lowest BCUT2D eigenvalue weighted by atomic mass is 9.85. The summed E-state index contributed by atoms with van der Waals surface area (Å²) in [7, 11) is 0. The van der Waals surface area contributed by atoms with Crippen LogP contribution in [-0.4, -0.2) is 36.4 Å². The SMILES string of the molecule is OCC1CCCC(NC2CCCC2C2CCCN2)C1. The molecule has 0 bridgehead atoms. The molecule has 0 spiro atoms. The van der Waals surface area contributed by atoms with Crippen molar-refractivity contribution >= 4 is 0 Å². The zero-order valence-electron chi connectivity index (χ0n) is 12.1. The normalized spacial score (nSPS) is 43.7. The fraction of sp³-hybridized carbons (Fsp3) is 1.00. The van der Waals surface area contributed by atoms with Crippen molar-refractivity contribution in [1.82, 2.24) is 10.6 Å².